The summed E-state index contributed by atoms with van der Waals surface area (Å²) in [6.45, 7) is 4.59. The summed E-state index contributed by atoms with van der Waals surface area (Å²) < 4.78 is 0. The van der Waals surface area contributed by atoms with Crippen LogP contribution in [-0.4, -0.2) is 0 Å². The molecule has 0 aromatic heterocycles. The lowest BCUT2D eigenvalue weighted by atomic mass is 10.0. The Hall–Kier alpha value is -0.780. The zero-order valence-corrected chi connectivity index (χ0v) is 16.8. The quantitative estimate of drug-likeness (QED) is 0.281. The van der Waals surface area contributed by atoms with E-state index >= 15 is 0 Å². The van der Waals surface area contributed by atoms with Gasteiger partial charge >= 0.3 is 0 Å². The number of benzene rings is 1. The van der Waals surface area contributed by atoms with Crippen LogP contribution in [0.5, 0.6) is 0 Å². The van der Waals surface area contributed by atoms with E-state index in [0.29, 0.717) is 0 Å². The molecular formula is C24H44. The summed E-state index contributed by atoms with van der Waals surface area (Å²) in [6, 6.07) is 12.0. The Morgan fingerprint density at radius 1 is 0.292 bits per heavy atom. The third-order valence-electron chi connectivity index (χ3n) is 4.62. The van der Waals surface area contributed by atoms with Gasteiger partial charge in [-0.1, -0.05) is 153 Å². The van der Waals surface area contributed by atoms with E-state index in [9.17, 15) is 0 Å². The average Bonchev–Trinajstić information content (AvgIpc) is 2.64. The van der Waals surface area contributed by atoms with Crippen molar-refractivity contribution in [2.45, 2.75) is 117 Å². The molecule has 0 unspecified atom stereocenters. The monoisotopic (exact) mass is 332 g/mol. The first-order valence-corrected chi connectivity index (χ1v) is 10.9. The zero-order valence-electron chi connectivity index (χ0n) is 16.8. The second-order valence-electron chi connectivity index (χ2n) is 7.10. The van der Waals surface area contributed by atoms with Crippen molar-refractivity contribution in [1.82, 2.24) is 0 Å². The number of unbranched alkanes of at least 4 members (excludes halogenated alkanes) is 15. The molecule has 0 saturated carbocycles. The van der Waals surface area contributed by atoms with Crippen LogP contribution < -0.4 is 0 Å². The van der Waals surface area contributed by atoms with Gasteiger partial charge in [0.2, 0.25) is 0 Å². The highest BCUT2D eigenvalue weighted by atomic mass is 14.0. The van der Waals surface area contributed by atoms with Crippen molar-refractivity contribution in [3.63, 3.8) is 0 Å². The molecule has 0 nitrogen and oxygen atoms in total. The van der Waals surface area contributed by atoms with Gasteiger partial charge in [0, 0.05) is 0 Å². The summed E-state index contributed by atoms with van der Waals surface area (Å²) >= 11 is 0. The smallest absolute Gasteiger partial charge is 0.0533 e. The molecule has 0 aliphatic rings. The molecule has 0 saturated heterocycles. The van der Waals surface area contributed by atoms with Gasteiger partial charge in [-0.15, -0.1) is 0 Å². The van der Waals surface area contributed by atoms with E-state index in [1.54, 1.807) is 0 Å². The molecule has 1 rings (SSSR count). The van der Waals surface area contributed by atoms with E-state index in [0.717, 1.165) is 0 Å². The minimum atomic E-state index is 1.37. The summed E-state index contributed by atoms with van der Waals surface area (Å²) in [5.41, 5.74) is 0. The Morgan fingerprint density at radius 2 is 0.458 bits per heavy atom. The average molecular weight is 333 g/mol. The van der Waals surface area contributed by atoms with E-state index in [-0.39, 0.29) is 0 Å². The van der Waals surface area contributed by atoms with Crippen molar-refractivity contribution < 1.29 is 0 Å². The van der Waals surface area contributed by atoms with Crippen LogP contribution in [0.1, 0.15) is 117 Å². The highest BCUT2D eigenvalue weighted by Gasteiger charge is 1.93. The van der Waals surface area contributed by atoms with Gasteiger partial charge in [0.25, 0.3) is 0 Å². The lowest BCUT2D eigenvalue weighted by molar-refractivity contribution is 0.531. The minimum absolute atomic E-state index is 1.37. The van der Waals surface area contributed by atoms with Crippen molar-refractivity contribution >= 4 is 0 Å². The molecule has 0 N–H and O–H groups in total. The second kappa shape index (κ2) is 22.2. The highest BCUT2D eigenvalue weighted by Crippen LogP contribution is 2.13. The molecule has 24 heavy (non-hydrogen) atoms. The normalized spacial score (nSPS) is 10.2. The van der Waals surface area contributed by atoms with E-state index < -0.39 is 0 Å². The van der Waals surface area contributed by atoms with Gasteiger partial charge in [-0.2, -0.15) is 0 Å². The Kier molecular flexibility index (Phi) is 21.5. The van der Waals surface area contributed by atoms with Crippen molar-refractivity contribution in [2.24, 2.45) is 0 Å². The van der Waals surface area contributed by atoms with Gasteiger partial charge in [-0.25, -0.2) is 0 Å². The fourth-order valence-corrected chi connectivity index (χ4v) is 3.01. The molecular weight excluding hydrogens is 288 g/mol. The van der Waals surface area contributed by atoms with Crippen LogP contribution in [0.4, 0.5) is 0 Å². The van der Waals surface area contributed by atoms with Gasteiger partial charge in [0.1, 0.15) is 0 Å². The van der Waals surface area contributed by atoms with Gasteiger partial charge < -0.3 is 0 Å². The molecule has 0 heterocycles. The summed E-state index contributed by atoms with van der Waals surface area (Å²) in [6.07, 6.45) is 23.4. The van der Waals surface area contributed by atoms with Crippen molar-refractivity contribution in [3.8, 4) is 0 Å². The third-order valence-corrected chi connectivity index (χ3v) is 4.62. The van der Waals surface area contributed by atoms with Crippen LogP contribution in [0, 0.1) is 0 Å². The number of hydrogen-bond donors (Lipinski definition) is 0. The van der Waals surface area contributed by atoms with Crippen molar-refractivity contribution in [2.75, 3.05) is 0 Å². The molecule has 0 spiro atoms. The molecule has 0 bridgehead atoms. The Labute approximate surface area is 153 Å². The SMILES string of the molecule is CCCCCCCCCCCCCCCCCC.c1ccccc1. The predicted molar refractivity (Wildman–Crippen MR) is 112 cm³/mol. The van der Waals surface area contributed by atoms with Gasteiger partial charge in [0.05, 0.1) is 0 Å². The van der Waals surface area contributed by atoms with Crippen LogP contribution in [-0.2, 0) is 0 Å². The Bertz CT molecular complexity index is 247. The molecule has 0 aliphatic carbocycles. The molecule has 0 amide bonds. The maximum Gasteiger partial charge on any atom is -0.0533 e. The molecule has 0 atom stereocenters. The third kappa shape index (κ3) is 21.2. The van der Waals surface area contributed by atoms with Crippen LogP contribution in [0.25, 0.3) is 0 Å². The fourth-order valence-electron chi connectivity index (χ4n) is 3.01. The summed E-state index contributed by atoms with van der Waals surface area (Å²) in [7, 11) is 0. The van der Waals surface area contributed by atoms with Crippen LogP contribution in [0.15, 0.2) is 36.4 Å². The van der Waals surface area contributed by atoms with E-state index in [1.807, 2.05) is 36.4 Å². The van der Waals surface area contributed by atoms with Gasteiger partial charge in [0.15, 0.2) is 0 Å². The van der Waals surface area contributed by atoms with Gasteiger partial charge in [-0.3, -0.25) is 0 Å². The maximum absolute atomic E-state index is 2.29. The fraction of sp³-hybridized carbons (Fsp3) is 0.750. The van der Waals surface area contributed by atoms with Crippen LogP contribution >= 0.6 is 0 Å². The van der Waals surface area contributed by atoms with Gasteiger partial charge in [-0.05, 0) is 0 Å². The molecule has 0 heteroatoms. The van der Waals surface area contributed by atoms with E-state index in [4.69, 9.17) is 0 Å². The summed E-state index contributed by atoms with van der Waals surface area (Å²) in [5, 5.41) is 0. The minimum Gasteiger partial charge on any atom is -0.0654 e. The van der Waals surface area contributed by atoms with Crippen LogP contribution in [0.3, 0.4) is 0 Å². The molecule has 0 fully saturated rings. The van der Waals surface area contributed by atoms with Crippen molar-refractivity contribution in [1.29, 1.82) is 0 Å². The summed E-state index contributed by atoms with van der Waals surface area (Å²) in [4.78, 5) is 0. The predicted octanol–water partition coefficient (Wildman–Crippen LogP) is 8.95. The lowest BCUT2D eigenvalue weighted by Gasteiger charge is -2.03. The molecule has 0 aliphatic heterocycles. The highest BCUT2D eigenvalue weighted by molar-refractivity contribution is 4.99. The Morgan fingerprint density at radius 3 is 0.625 bits per heavy atom. The number of hydrogen-bond acceptors (Lipinski definition) is 0. The first kappa shape index (κ1) is 23.2. The van der Waals surface area contributed by atoms with Crippen molar-refractivity contribution in [3.05, 3.63) is 36.4 Å². The first-order valence-electron chi connectivity index (χ1n) is 10.9. The maximum atomic E-state index is 2.29. The molecule has 140 valence electrons. The van der Waals surface area contributed by atoms with E-state index in [1.165, 1.54) is 103 Å². The largest absolute Gasteiger partial charge is 0.0654 e. The zero-order chi connectivity index (χ0) is 17.6. The Balaban J connectivity index is 0.000000728. The first-order chi connectivity index (χ1) is 11.9. The molecule has 1 aromatic rings. The van der Waals surface area contributed by atoms with Crippen LogP contribution in [0.2, 0.25) is 0 Å². The topological polar surface area (TPSA) is 0 Å². The van der Waals surface area contributed by atoms with E-state index in [2.05, 4.69) is 13.8 Å². The lowest BCUT2D eigenvalue weighted by Crippen LogP contribution is -1.83. The molecule has 0 radical (unpaired) electrons. The summed E-state index contributed by atoms with van der Waals surface area (Å²) in [5.74, 6) is 0. The number of rotatable bonds is 15. The molecule has 1 aromatic carbocycles. The second-order valence-corrected chi connectivity index (χ2v) is 7.10. The standard InChI is InChI=1S/C18H38.C6H6/c1-3-5-7-9-11-13-15-17-18-16-14-12-10-8-6-4-2;1-2-4-6-5-3-1/h3-18H2,1-2H3;1-6H.